The summed E-state index contributed by atoms with van der Waals surface area (Å²) in [6.45, 7) is 7.75. The van der Waals surface area contributed by atoms with Crippen molar-refractivity contribution in [2.75, 3.05) is 6.54 Å². The zero-order valence-electron chi connectivity index (χ0n) is 13.0. The van der Waals surface area contributed by atoms with Gasteiger partial charge >= 0.3 is 0 Å². The summed E-state index contributed by atoms with van der Waals surface area (Å²) in [7, 11) is 0. The van der Waals surface area contributed by atoms with Crippen molar-refractivity contribution in [3.8, 4) is 0 Å². The SMILES string of the molecule is CC(C)(C)c1ccc(C(O)CNCc2ccccn2)cc1. The van der Waals surface area contributed by atoms with Crippen LogP contribution in [0.15, 0.2) is 48.7 Å². The summed E-state index contributed by atoms with van der Waals surface area (Å²) < 4.78 is 0. The second-order valence-corrected chi connectivity index (χ2v) is 6.34. The topological polar surface area (TPSA) is 45.1 Å². The van der Waals surface area contributed by atoms with Gasteiger partial charge in [0.25, 0.3) is 0 Å². The molecule has 0 bridgehead atoms. The first-order valence-electron chi connectivity index (χ1n) is 7.36. The number of rotatable bonds is 5. The predicted molar refractivity (Wildman–Crippen MR) is 86.0 cm³/mol. The average molecular weight is 284 g/mol. The van der Waals surface area contributed by atoms with E-state index in [1.165, 1.54) is 5.56 Å². The molecular formula is C18H24N2O. The second-order valence-electron chi connectivity index (χ2n) is 6.34. The lowest BCUT2D eigenvalue weighted by Crippen LogP contribution is -2.21. The van der Waals surface area contributed by atoms with E-state index >= 15 is 0 Å². The number of hydrogen-bond acceptors (Lipinski definition) is 3. The van der Waals surface area contributed by atoms with Gasteiger partial charge in [0, 0.05) is 19.3 Å². The smallest absolute Gasteiger partial charge is 0.0914 e. The van der Waals surface area contributed by atoms with Crippen LogP contribution in [-0.2, 0) is 12.0 Å². The van der Waals surface area contributed by atoms with E-state index in [4.69, 9.17) is 0 Å². The maximum absolute atomic E-state index is 10.2. The van der Waals surface area contributed by atoms with Crippen LogP contribution in [0.25, 0.3) is 0 Å². The molecule has 0 aliphatic heterocycles. The minimum absolute atomic E-state index is 0.140. The minimum atomic E-state index is -0.497. The Morgan fingerprint density at radius 3 is 2.38 bits per heavy atom. The molecule has 2 rings (SSSR count). The Hall–Kier alpha value is -1.71. The van der Waals surface area contributed by atoms with Gasteiger partial charge in [-0.05, 0) is 28.7 Å². The molecule has 21 heavy (non-hydrogen) atoms. The molecule has 0 amide bonds. The fourth-order valence-electron chi connectivity index (χ4n) is 2.16. The van der Waals surface area contributed by atoms with E-state index in [0.717, 1.165) is 11.3 Å². The molecule has 0 aliphatic rings. The van der Waals surface area contributed by atoms with Gasteiger partial charge in [0.2, 0.25) is 0 Å². The van der Waals surface area contributed by atoms with Gasteiger partial charge < -0.3 is 10.4 Å². The van der Waals surface area contributed by atoms with Gasteiger partial charge in [-0.1, -0.05) is 51.1 Å². The summed E-state index contributed by atoms with van der Waals surface area (Å²) in [6.07, 6.45) is 1.28. The summed E-state index contributed by atoms with van der Waals surface area (Å²) >= 11 is 0. The lowest BCUT2D eigenvalue weighted by atomic mass is 9.86. The lowest BCUT2D eigenvalue weighted by molar-refractivity contribution is 0.174. The monoisotopic (exact) mass is 284 g/mol. The van der Waals surface area contributed by atoms with E-state index in [9.17, 15) is 5.11 Å². The molecule has 1 aromatic carbocycles. The predicted octanol–water partition coefficient (Wildman–Crippen LogP) is 3.20. The fourth-order valence-corrected chi connectivity index (χ4v) is 2.16. The normalized spacial score (nSPS) is 13.1. The minimum Gasteiger partial charge on any atom is -0.387 e. The van der Waals surface area contributed by atoms with Crippen LogP contribution in [0.1, 0.15) is 43.7 Å². The van der Waals surface area contributed by atoms with Crippen molar-refractivity contribution in [3.63, 3.8) is 0 Å². The van der Waals surface area contributed by atoms with E-state index in [0.29, 0.717) is 13.1 Å². The Kier molecular flexibility index (Phi) is 5.10. The molecule has 1 aromatic heterocycles. The van der Waals surface area contributed by atoms with Crippen molar-refractivity contribution in [2.24, 2.45) is 0 Å². The molecule has 0 radical (unpaired) electrons. The molecule has 0 fully saturated rings. The molecule has 1 heterocycles. The van der Waals surface area contributed by atoms with Gasteiger partial charge in [-0.25, -0.2) is 0 Å². The molecule has 3 heteroatoms. The van der Waals surface area contributed by atoms with Crippen LogP contribution >= 0.6 is 0 Å². The highest BCUT2D eigenvalue weighted by molar-refractivity contribution is 5.28. The fraction of sp³-hybridized carbons (Fsp3) is 0.389. The van der Waals surface area contributed by atoms with E-state index in [1.54, 1.807) is 6.20 Å². The molecule has 0 spiro atoms. The number of nitrogens with zero attached hydrogens (tertiary/aromatic N) is 1. The first-order valence-corrected chi connectivity index (χ1v) is 7.36. The van der Waals surface area contributed by atoms with Gasteiger partial charge in [-0.3, -0.25) is 4.98 Å². The Morgan fingerprint density at radius 1 is 1.10 bits per heavy atom. The summed E-state index contributed by atoms with van der Waals surface area (Å²) in [5.41, 5.74) is 3.34. The lowest BCUT2D eigenvalue weighted by Gasteiger charge is -2.20. The van der Waals surface area contributed by atoms with Crippen molar-refractivity contribution in [1.29, 1.82) is 0 Å². The third-order valence-electron chi connectivity index (χ3n) is 3.53. The highest BCUT2D eigenvalue weighted by Gasteiger charge is 2.14. The number of benzene rings is 1. The van der Waals surface area contributed by atoms with Crippen LogP contribution in [-0.4, -0.2) is 16.6 Å². The highest BCUT2D eigenvalue weighted by Crippen LogP contribution is 2.23. The Labute approximate surface area is 127 Å². The van der Waals surface area contributed by atoms with Crippen molar-refractivity contribution >= 4 is 0 Å². The van der Waals surface area contributed by atoms with E-state index < -0.39 is 6.10 Å². The molecule has 0 aliphatic carbocycles. The summed E-state index contributed by atoms with van der Waals surface area (Å²) in [4.78, 5) is 4.24. The van der Waals surface area contributed by atoms with Crippen LogP contribution < -0.4 is 5.32 Å². The molecule has 0 saturated heterocycles. The van der Waals surface area contributed by atoms with Gasteiger partial charge in [0.1, 0.15) is 0 Å². The van der Waals surface area contributed by atoms with E-state index in [-0.39, 0.29) is 5.41 Å². The molecule has 2 aromatic rings. The molecule has 1 unspecified atom stereocenters. The summed E-state index contributed by atoms with van der Waals surface area (Å²) in [5, 5.41) is 13.4. The van der Waals surface area contributed by atoms with Gasteiger partial charge in [-0.15, -0.1) is 0 Å². The van der Waals surface area contributed by atoms with Crippen molar-refractivity contribution < 1.29 is 5.11 Å². The molecule has 1 atom stereocenters. The highest BCUT2D eigenvalue weighted by atomic mass is 16.3. The third kappa shape index (κ3) is 4.66. The maximum Gasteiger partial charge on any atom is 0.0914 e. The average Bonchev–Trinajstić information content (AvgIpc) is 2.47. The largest absolute Gasteiger partial charge is 0.387 e. The van der Waals surface area contributed by atoms with Gasteiger partial charge in [-0.2, -0.15) is 0 Å². The number of aliphatic hydroxyl groups is 1. The third-order valence-corrected chi connectivity index (χ3v) is 3.53. The van der Waals surface area contributed by atoms with Crippen molar-refractivity contribution in [3.05, 3.63) is 65.5 Å². The zero-order valence-corrected chi connectivity index (χ0v) is 13.0. The summed E-state index contributed by atoms with van der Waals surface area (Å²) in [5.74, 6) is 0. The first kappa shape index (κ1) is 15.7. The van der Waals surface area contributed by atoms with Crippen LogP contribution in [0, 0.1) is 0 Å². The molecule has 2 N–H and O–H groups in total. The molecule has 112 valence electrons. The first-order chi connectivity index (χ1) is 9.97. The van der Waals surface area contributed by atoms with Crippen molar-refractivity contribution in [2.45, 2.75) is 38.8 Å². The zero-order chi connectivity index (χ0) is 15.3. The molecular weight excluding hydrogens is 260 g/mol. The number of nitrogens with one attached hydrogen (secondary N) is 1. The van der Waals surface area contributed by atoms with Crippen LogP contribution in [0.2, 0.25) is 0 Å². The molecule has 0 saturated carbocycles. The number of aromatic nitrogens is 1. The number of hydrogen-bond donors (Lipinski definition) is 2. The van der Waals surface area contributed by atoms with Crippen LogP contribution in [0.4, 0.5) is 0 Å². The molecule has 3 nitrogen and oxygen atoms in total. The van der Waals surface area contributed by atoms with E-state index in [2.05, 4.69) is 43.2 Å². The number of aliphatic hydroxyl groups excluding tert-OH is 1. The van der Waals surface area contributed by atoms with E-state index in [1.807, 2.05) is 30.3 Å². The van der Waals surface area contributed by atoms with Gasteiger partial charge in [0.15, 0.2) is 0 Å². The second kappa shape index (κ2) is 6.83. The van der Waals surface area contributed by atoms with Crippen molar-refractivity contribution in [1.82, 2.24) is 10.3 Å². The Morgan fingerprint density at radius 2 is 1.81 bits per heavy atom. The quantitative estimate of drug-likeness (QED) is 0.886. The Balaban J connectivity index is 1.87. The Bertz CT molecular complexity index is 544. The number of pyridine rings is 1. The van der Waals surface area contributed by atoms with Crippen LogP contribution in [0.3, 0.4) is 0 Å². The standard InChI is InChI=1S/C18H24N2O/c1-18(2,3)15-9-7-14(8-10-15)17(21)13-19-12-16-6-4-5-11-20-16/h4-11,17,19,21H,12-13H2,1-3H3. The summed E-state index contributed by atoms with van der Waals surface area (Å²) in [6, 6.07) is 14.0. The van der Waals surface area contributed by atoms with Crippen LogP contribution in [0.5, 0.6) is 0 Å². The van der Waals surface area contributed by atoms with Gasteiger partial charge in [0.05, 0.1) is 11.8 Å². The maximum atomic E-state index is 10.2.